The molecule has 9 nitrogen and oxygen atoms in total. The Morgan fingerprint density at radius 1 is 1.38 bits per heavy atom. The zero-order chi connectivity index (χ0) is 23.8. The van der Waals surface area contributed by atoms with Crippen molar-refractivity contribution in [1.29, 1.82) is 0 Å². The van der Waals surface area contributed by atoms with Crippen molar-refractivity contribution in [3.8, 4) is 5.75 Å². The summed E-state index contributed by atoms with van der Waals surface area (Å²) in [5, 5.41) is 22.5. The maximum Gasteiger partial charge on any atom is 0.407 e. The Hall–Kier alpha value is -3.43. The van der Waals surface area contributed by atoms with Gasteiger partial charge in [0.2, 0.25) is 5.75 Å². The van der Waals surface area contributed by atoms with E-state index in [2.05, 4.69) is 10.3 Å². The van der Waals surface area contributed by atoms with Crippen LogP contribution in [0.2, 0.25) is 0 Å². The van der Waals surface area contributed by atoms with Crippen molar-refractivity contribution in [2.24, 2.45) is 5.41 Å². The highest BCUT2D eigenvalue weighted by molar-refractivity contribution is 5.94. The molecule has 0 spiro atoms. The number of aryl methyl sites for hydroxylation is 1. The fourth-order valence-corrected chi connectivity index (χ4v) is 3.87. The lowest BCUT2D eigenvalue weighted by atomic mass is 9.87. The van der Waals surface area contributed by atoms with Gasteiger partial charge in [-0.1, -0.05) is 26.0 Å². The number of nitrogens with one attached hydrogen (secondary N) is 1. The van der Waals surface area contributed by atoms with E-state index in [1.54, 1.807) is 13.0 Å². The van der Waals surface area contributed by atoms with Gasteiger partial charge in [-0.25, -0.2) is 14.2 Å². The molecule has 1 aromatic heterocycles. The van der Waals surface area contributed by atoms with Gasteiger partial charge in [0.1, 0.15) is 11.6 Å². The molecule has 0 aliphatic carbocycles. The number of carbonyl (C=O) groups is 2. The summed E-state index contributed by atoms with van der Waals surface area (Å²) in [5.74, 6) is -1.83. The van der Waals surface area contributed by atoms with Gasteiger partial charge in [0, 0.05) is 20.1 Å². The predicted octanol–water partition coefficient (Wildman–Crippen LogP) is 2.80. The molecule has 0 fully saturated rings. The number of aromatic hydroxyl groups is 1. The predicted molar refractivity (Wildman–Crippen MR) is 114 cm³/mol. The maximum atomic E-state index is 13.5. The van der Waals surface area contributed by atoms with Crippen molar-refractivity contribution in [2.75, 3.05) is 7.05 Å². The van der Waals surface area contributed by atoms with Gasteiger partial charge in [0.25, 0.3) is 11.5 Å². The quantitative estimate of drug-likeness (QED) is 0.663. The van der Waals surface area contributed by atoms with E-state index in [-0.39, 0.29) is 30.1 Å². The van der Waals surface area contributed by atoms with Crippen LogP contribution in [0.1, 0.15) is 60.2 Å². The van der Waals surface area contributed by atoms with Crippen LogP contribution in [0.4, 0.5) is 9.18 Å². The molecule has 3 rings (SSSR count). The number of aromatic nitrogens is 2. The number of hydrogen-bond acceptors (Lipinski definition) is 5. The molecular weight excluding hydrogens is 419 g/mol. The molecule has 2 heterocycles. The second-order valence-corrected chi connectivity index (χ2v) is 8.94. The van der Waals surface area contributed by atoms with Crippen LogP contribution in [0.5, 0.6) is 5.75 Å². The van der Waals surface area contributed by atoms with Gasteiger partial charge in [0.15, 0.2) is 5.69 Å². The van der Waals surface area contributed by atoms with Crippen LogP contribution >= 0.6 is 0 Å². The highest BCUT2D eigenvalue weighted by Gasteiger charge is 2.36. The van der Waals surface area contributed by atoms with E-state index in [4.69, 9.17) is 0 Å². The van der Waals surface area contributed by atoms with Crippen LogP contribution in [0.15, 0.2) is 23.0 Å². The molecule has 3 N–H and O–H groups in total. The molecule has 0 bridgehead atoms. The van der Waals surface area contributed by atoms with Gasteiger partial charge >= 0.3 is 6.09 Å². The molecule has 1 atom stereocenters. The van der Waals surface area contributed by atoms with Crippen molar-refractivity contribution in [1.82, 2.24) is 19.8 Å². The zero-order valence-electron chi connectivity index (χ0n) is 18.5. The second-order valence-electron chi connectivity index (χ2n) is 8.94. The molecule has 1 unspecified atom stereocenters. The van der Waals surface area contributed by atoms with Gasteiger partial charge in [-0.05, 0) is 42.4 Å². The number of carbonyl (C=O) groups excluding carboxylic acids is 1. The summed E-state index contributed by atoms with van der Waals surface area (Å²) in [4.78, 5) is 42.7. The van der Waals surface area contributed by atoms with Crippen molar-refractivity contribution >= 4 is 12.0 Å². The third-order valence-corrected chi connectivity index (χ3v) is 5.81. The number of rotatable bonds is 4. The second kappa shape index (κ2) is 8.60. The SMILES string of the molecule is Cc1cc(CNC(=O)c2nc3n(c(=O)c2O)CC(C)(C)CCC3N(C)C(=O)O)ccc1F. The number of carboxylic acid groups (broad SMARTS) is 1. The first-order chi connectivity index (χ1) is 14.9. The first-order valence-electron chi connectivity index (χ1n) is 10.2. The summed E-state index contributed by atoms with van der Waals surface area (Å²) < 4.78 is 14.7. The van der Waals surface area contributed by atoms with Gasteiger partial charge < -0.3 is 20.4 Å². The van der Waals surface area contributed by atoms with Crippen molar-refractivity contribution in [3.63, 3.8) is 0 Å². The summed E-state index contributed by atoms with van der Waals surface area (Å²) in [5.41, 5.74) is -0.554. The Labute approximate surface area is 184 Å². The van der Waals surface area contributed by atoms with E-state index < -0.39 is 35.0 Å². The normalized spacial score (nSPS) is 17.2. The fraction of sp³-hybridized carbons (Fsp3) is 0.455. The number of amides is 2. The molecule has 0 radical (unpaired) electrons. The summed E-state index contributed by atoms with van der Waals surface area (Å²) in [6.07, 6.45) is -0.172. The summed E-state index contributed by atoms with van der Waals surface area (Å²) in [6, 6.07) is 3.63. The molecule has 172 valence electrons. The highest BCUT2D eigenvalue weighted by atomic mass is 19.1. The zero-order valence-corrected chi connectivity index (χ0v) is 18.5. The largest absolute Gasteiger partial charge is 0.501 e. The average molecular weight is 446 g/mol. The van der Waals surface area contributed by atoms with E-state index >= 15 is 0 Å². The highest BCUT2D eigenvalue weighted by Crippen LogP contribution is 2.36. The monoisotopic (exact) mass is 446 g/mol. The van der Waals surface area contributed by atoms with Crippen LogP contribution in [0, 0.1) is 18.2 Å². The number of hydrogen-bond donors (Lipinski definition) is 3. The lowest BCUT2D eigenvalue weighted by molar-refractivity contribution is 0.0941. The molecule has 2 amide bonds. The third kappa shape index (κ3) is 4.58. The van der Waals surface area contributed by atoms with Crippen LogP contribution in [0.25, 0.3) is 0 Å². The minimum Gasteiger partial charge on any atom is -0.501 e. The van der Waals surface area contributed by atoms with Crippen molar-refractivity contribution < 1.29 is 24.2 Å². The van der Waals surface area contributed by atoms with E-state index in [1.165, 1.54) is 23.7 Å². The maximum absolute atomic E-state index is 13.5. The van der Waals surface area contributed by atoms with E-state index in [0.29, 0.717) is 24.0 Å². The third-order valence-electron chi connectivity index (χ3n) is 5.81. The molecule has 32 heavy (non-hydrogen) atoms. The molecular formula is C22H27FN4O5. The van der Waals surface area contributed by atoms with E-state index in [9.17, 15) is 29.0 Å². The van der Waals surface area contributed by atoms with E-state index in [1.807, 2.05) is 13.8 Å². The van der Waals surface area contributed by atoms with Crippen molar-refractivity contribution in [3.05, 3.63) is 57.0 Å². The van der Waals surface area contributed by atoms with E-state index in [0.717, 1.165) is 4.90 Å². The topological polar surface area (TPSA) is 125 Å². The molecule has 1 aromatic carbocycles. The molecule has 10 heteroatoms. The van der Waals surface area contributed by atoms with Gasteiger partial charge in [-0.2, -0.15) is 0 Å². The first-order valence-corrected chi connectivity index (χ1v) is 10.2. The van der Waals surface area contributed by atoms with Crippen LogP contribution in [-0.4, -0.2) is 43.7 Å². The van der Waals surface area contributed by atoms with Crippen LogP contribution < -0.4 is 10.9 Å². The van der Waals surface area contributed by atoms with Crippen molar-refractivity contribution in [2.45, 2.75) is 52.7 Å². The average Bonchev–Trinajstić information content (AvgIpc) is 2.86. The van der Waals surface area contributed by atoms with Gasteiger partial charge in [-0.15, -0.1) is 0 Å². The number of benzene rings is 1. The molecule has 0 saturated heterocycles. The summed E-state index contributed by atoms with van der Waals surface area (Å²) >= 11 is 0. The molecule has 1 aliphatic heterocycles. The van der Waals surface area contributed by atoms with Gasteiger partial charge in [0.05, 0.1) is 6.04 Å². The van der Waals surface area contributed by atoms with Crippen LogP contribution in [0.3, 0.4) is 0 Å². The minimum absolute atomic E-state index is 0.0327. The Kier molecular flexibility index (Phi) is 6.25. The summed E-state index contributed by atoms with van der Waals surface area (Å²) in [6.45, 7) is 5.73. The smallest absolute Gasteiger partial charge is 0.407 e. The fourth-order valence-electron chi connectivity index (χ4n) is 3.87. The lowest BCUT2D eigenvalue weighted by Crippen LogP contribution is -2.37. The van der Waals surface area contributed by atoms with Crippen LogP contribution in [-0.2, 0) is 13.1 Å². The Bertz CT molecular complexity index is 1130. The standard InChI is InChI=1S/C22H27FN4O5/c1-12-9-13(5-6-14(12)23)10-24-19(29)16-17(28)20(30)27-11-22(2,3)8-7-15(18(27)25-16)26(4)21(31)32/h5-6,9,15,28H,7-8,10-11H2,1-4H3,(H,24,29)(H,31,32). The molecule has 0 saturated carbocycles. The Balaban J connectivity index is 1.99. The molecule has 2 aromatic rings. The Morgan fingerprint density at radius 3 is 2.69 bits per heavy atom. The number of fused-ring (bicyclic) bond motifs is 1. The lowest BCUT2D eigenvalue weighted by Gasteiger charge is -2.25. The molecule has 1 aliphatic rings. The first kappa shape index (κ1) is 23.2. The Morgan fingerprint density at radius 2 is 2.06 bits per heavy atom. The number of nitrogens with zero attached hydrogens (tertiary/aromatic N) is 3. The minimum atomic E-state index is -1.19. The van der Waals surface area contributed by atoms with Gasteiger partial charge in [-0.3, -0.25) is 14.2 Å². The number of halogens is 1. The summed E-state index contributed by atoms with van der Waals surface area (Å²) in [7, 11) is 1.38.